The van der Waals surface area contributed by atoms with Crippen molar-refractivity contribution in [2.75, 3.05) is 13.7 Å². The Bertz CT molecular complexity index is 1940. The standard InChI is InChI=1S/C38H50F3N3O10S/c1-9-23-19-37(23,33(48)43-55(49,50)54-36(7)13-14-36)20-29(45)28-17-25(52-31-26-11-10-24(51-8)16-22(26)12-15-42-31)21-44(28)32(47)27(34(2,3)4)18-30(46)53-35(5,6)38(39,40)41/h10-12,15-16,23,25,27-28H,9,13-14,17-21H2,1-8H3,(H,43,48)/t23-,25-,27-,28+,37-/m1/s1. The molecule has 3 fully saturated rings. The van der Waals surface area contributed by atoms with Crippen molar-refractivity contribution in [2.24, 2.45) is 22.7 Å². The van der Waals surface area contributed by atoms with Gasteiger partial charge in [-0.3, -0.25) is 19.2 Å². The number of aromatic nitrogens is 1. The fourth-order valence-corrected chi connectivity index (χ4v) is 8.30. The summed E-state index contributed by atoms with van der Waals surface area (Å²) in [5, 5.41) is 1.37. The SMILES string of the molecule is CC[C@@H]1C[C@]1(CC(=O)[C@@H]1C[C@@H](Oc2nccc3cc(OC)ccc23)CN1C(=O)[C@@H](CC(=O)OC(C)(C)C(F)(F)F)C(C)(C)C)C(=O)NS(=O)(=O)OC1(C)CC1. The minimum absolute atomic E-state index is 0.0462. The van der Waals surface area contributed by atoms with Crippen molar-refractivity contribution >= 4 is 44.6 Å². The zero-order valence-electron chi connectivity index (χ0n) is 32.4. The number of alkyl halides is 3. The van der Waals surface area contributed by atoms with Gasteiger partial charge in [0.25, 0.3) is 0 Å². The van der Waals surface area contributed by atoms with Crippen LogP contribution in [0.15, 0.2) is 30.5 Å². The molecule has 3 aliphatic rings. The van der Waals surface area contributed by atoms with Crippen molar-refractivity contribution in [3.05, 3.63) is 30.5 Å². The Morgan fingerprint density at radius 2 is 1.75 bits per heavy atom. The maximum Gasteiger partial charge on any atom is 0.427 e. The van der Waals surface area contributed by atoms with E-state index in [1.54, 1.807) is 52.0 Å². The van der Waals surface area contributed by atoms with Gasteiger partial charge in [-0.25, -0.2) is 13.9 Å². The highest BCUT2D eigenvalue weighted by Crippen LogP contribution is 2.58. The number of carbonyl (C=O) groups excluding carboxylic acids is 4. The number of ether oxygens (including phenoxy) is 3. The van der Waals surface area contributed by atoms with Crippen LogP contribution in [0.3, 0.4) is 0 Å². The lowest BCUT2D eigenvalue weighted by Crippen LogP contribution is -2.49. The van der Waals surface area contributed by atoms with E-state index in [2.05, 4.69) is 4.98 Å². The first-order valence-corrected chi connectivity index (χ1v) is 19.7. The van der Waals surface area contributed by atoms with Crippen LogP contribution in [0.4, 0.5) is 13.2 Å². The van der Waals surface area contributed by atoms with Gasteiger partial charge in [0.15, 0.2) is 5.78 Å². The maximum absolute atomic E-state index is 14.5. The van der Waals surface area contributed by atoms with E-state index in [0.29, 0.717) is 44.2 Å². The monoisotopic (exact) mass is 797 g/mol. The van der Waals surface area contributed by atoms with Gasteiger partial charge in [0.1, 0.15) is 11.9 Å². The van der Waals surface area contributed by atoms with Crippen molar-refractivity contribution < 1.29 is 59.2 Å². The second kappa shape index (κ2) is 14.8. The molecule has 13 nitrogen and oxygen atoms in total. The number of esters is 1. The van der Waals surface area contributed by atoms with Gasteiger partial charge in [0, 0.05) is 24.4 Å². The number of nitrogens with zero attached hydrogens (tertiary/aromatic N) is 2. The van der Waals surface area contributed by atoms with Crippen molar-refractivity contribution in [1.82, 2.24) is 14.6 Å². The van der Waals surface area contributed by atoms with Gasteiger partial charge in [0.2, 0.25) is 23.3 Å². The summed E-state index contributed by atoms with van der Waals surface area (Å²) in [6, 6.07) is 5.83. The van der Waals surface area contributed by atoms with E-state index in [1.807, 2.05) is 11.6 Å². The fourth-order valence-electron chi connectivity index (χ4n) is 7.13. The Kier molecular flexibility index (Phi) is 11.4. The van der Waals surface area contributed by atoms with E-state index in [4.69, 9.17) is 18.4 Å². The molecule has 0 unspecified atom stereocenters. The molecule has 2 saturated carbocycles. The van der Waals surface area contributed by atoms with E-state index in [1.165, 1.54) is 18.2 Å². The van der Waals surface area contributed by atoms with E-state index < -0.39 is 93.0 Å². The molecule has 55 heavy (non-hydrogen) atoms. The third-order valence-corrected chi connectivity index (χ3v) is 12.1. The summed E-state index contributed by atoms with van der Waals surface area (Å²) in [6.45, 7) is 9.63. The average molecular weight is 798 g/mol. The molecule has 1 aromatic carbocycles. The highest BCUT2D eigenvalue weighted by Gasteiger charge is 2.62. The zero-order valence-corrected chi connectivity index (χ0v) is 33.2. The maximum atomic E-state index is 14.5. The lowest BCUT2D eigenvalue weighted by molar-refractivity contribution is -0.257. The molecule has 1 saturated heterocycles. The molecule has 5 rings (SSSR count). The van der Waals surface area contributed by atoms with Gasteiger partial charge in [-0.2, -0.15) is 21.6 Å². The summed E-state index contributed by atoms with van der Waals surface area (Å²) >= 11 is 0. The summed E-state index contributed by atoms with van der Waals surface area (Å²) < 4.78 is 90.0. The molecule has 0 radical (unpaired) electrons. The van der Waals surface area contributed by atoms with E-state index >= 15 is 0 Å². The van der Waals surface area contributed by atoms with Gasteiger partial charge in [-0.05, 0) is 81.0 Å². The summed E-state index contributed by atoms with van der Waals surface area (Å²) in [4.78, 5) is 61.2. The number of amides is 2. The molecule has 2 heterocycles. The third kappa shape index (κ3) is 9.35. The number of carbonyl (C=O) groups is 4. The minimum Gasteiger partial charge on any atom is -0.497 e. The molecule has 2 amide bonds. The summed E-state index contributed by atoms with van der Waals surface area (Å²) in [5.41, 5.74) is -6.09. The van der Waals surface area contributed by atoms with Crippen LogP contribution in [-0.2, 0) is 38.4 Å². The van der Waals surface area contributed by atoms with Crippen LogP contribution < -0.4 is 14.2 Å². The van der Waals surface area contributed by atoms with Crippen LogP contribution >= 0.6 is 0 Å². The summed E-state index contributed by atoms with van der Waals surface area (Å²) in [5.74, 6) is -4.09. The van der Waals surface area contributed by atoms with Crippen LogP contribution in [0, 0.1) is 22.7 Å². The van der Waals surface area contributed by atoms with Crippen LogP contribution in [0.1, 0.15) is 93.4 Å². The number of ketones is 1. The quantitative estimate of drug-likeness (QED) is 0.215. The van der Waals surface area contributed by atoms with Crippen LogP contribution in [0.2, 0.25) is 0 Å². The van der Waals surface area contributed by atoms with Crippen molar-refractivity contribution in [3.63, 3.8) is 0 Å². The van der Waals surface area contributed by atoms with Crippen LogP contribution in [0.5, 0.6) is 11.6 Å². The molecule has 0 spiro atoms. The van der Waals surface area contributed by atoms with E-state index in [-0.39, 0.29) is 31.2 Å². The Morgan fingerprint density at radius 1 is 1.07 bits per heavy atom. The molecule has 5 atom stereocenters. The van der Waals surface area contributed by atoms with E-state index in [9.17, 15) is 40.8 Å². The van der Waals surface area contributed by atoms with Crippen molar-refractivity contribution in [3.8, 4) is 11.6 Å². The smallest absolute Gasteiger partial charge is 0.427 e. The molecule has 1 aliphatic heterocycles. The number of Topliss-reactive ketones (excluding diaryl/α,β-unsaturated/α-hetero) is 1. The first-order valence-electron chi connectivity index (χ1n) is 18.3. The molecular formula is C38H50F3N3O10S. The summed E-state index contributed by atoms with van der Waals surface area (Å²) in [6.07, 6.45) is -3.60. The Balaban J connectivity index is 1.44. The lowest BCUT2D eigenvalue weighted by Gasteiger charge is -2.35. The van der Waals surface area contributed by atoms with E-state index in [0.717, 1.165) is 5.39 Å². The second-order valence-corrected chi connectivity index (χ2v) is 18.1. The molecule has 1 N–H and O–H groups in total. The highest BCUT2D eigenvalue weighted by atomic mass is 32.2. The molecular weight excluding hydrogens is 747 g/mol. The molecule has 17 heteroatoms. The highest BCUT2D eigenvalue weighted by molar-refractivity contribution is 7.85. The van der Waals surface area contributed by atoms with Crippen LogP contribution in [0.25, 0.3) is 10.8 Å². The normalized spacial score (nSPS) is 24.2. The van der Waals surface area contributed by atoms with Gasteiger partial charge >= 0.3 is 22.4 Å². The average Bonchev–Trinajstić information content (AvgIpc) is 3.93. The van der Waals surface area contributed by atoms with Gasteiger partial charge < -0.3 is 19.1 Å². The minimum atomic E-state index is -4.87. The number of likely N-dealkylation sites (tertiary alicyclic amines) is 1. The van der Waals surface area contributed by atoms with Gasteiger partial charge in [-0.1, -0.05) is 34.1 Å². The Morgan fingerprint density at radius 3 is 2.31 bits per heavy atom. The lowest BCUT2D eigenvalue weighted by atomic mass is 9.77. The number of hydrogen-bond acceptors (Lipinski definition) is 11. The number of halogens is 3. The first-order chi connectivity index (χ1) is 25.3. The predicted molar refractivity (Wildman–Crippen MR) is 193 cm³/mol. The first kappa shape index (κ1) is 42.2. The summed E-state index contributed by atoms with van der Waals surface area (Å²) in [7, 11) is -2.95. The number of nitrogens with one attached hydrogen (secondary N) is 1. The van der Waals surface area contributed by atoms with Gasteiger partial charge in [0.05, 0.1) is 43.1 Å². The number of methoxy groups -OCH3 is 1. The number of fused-ring (bicyclic) bond motifs is 1. The molecule has 0 bridgehead atoms. The van der Waals surface area contributed by atoms with Crippen LogP contribution in [-0.4, -0.2) is 85.0 Å². The second-order valence-electron chi connectivity index (χ2n) is 16.8. The number of pyridine rings is 1. The van der Waals surface area contributed by atoms with Crippen molar-refractivity contribution in [1.29, 1.82) is 0 Å². The number of hydrogen-bond donors (Lipinski definition) is 1. The van der Waals surface area contributed by atoms with Gasteiger partial charge in [-0.15, -0.1) is 0 Å². The Hall–Kier alpha value is -3.99. The third-order valence-electron chi connectivity index (χ3n) is 11.0. The largest absolute Gasteiger partial charge is 0.497 e. The molecule has 304 valence electrons. The predicted octanol–water partition coefficient (Wildman–Crippen LogP) is 5.83. The fraction of sp³-hybridized carbons (Fsp3) is 0.658. The topological polar surface area (TPSA) is 168 Å². The van der Waals surface area contributed by atoms with Crippen molar-refractivity contribution in [2.45, 2.75) is 123 Å². The Labute approximate surface area is 319 Å². The molecule has 1 aromatic heterocycles. The zero-order chi connectivity index (χ0) is 40.9. The number of benzene rings is 1. The number of rotatable bonds is 15. The molecule has 2 aliphatic carbocycles. The molecule has 2 aromatic rings.